The molecule has 72 heavy (non-hydrogen) atoms. The van der Waals surface area contributed by atoms with E-state index in [9.17, 15) is 9.59 Å². The maximum atomic E-state index is 12.9. The molecule has 0 amide bonds. The lowest BCUT2D eigenvalue weighted by Crippen LogP contribution is -2.30. The zero-order valence-electron chi connectivity index (χ0n) is 48.5. The van der Waals surface area contributed by atoms with E-state index >= 15 is 0 Å². The molecule has 0 heterocycles. The Hall–Kier alpha value is -2.40. The van der Waals surface area contributed by atoms with Crippen molar-refractivity contribution in [3.8, 4) is 0 Å². The maximum Gasteiger partial charge on any atom is 0.306 e. The summed E-state index contributed by atoms with van der Waals surface area (Å²) in [4.78, 5) is 25.6. The number of unbranched alkanes of at least 4 members (excludes halogenated alkanes) is 38. The Kier molecular flexibility index (Phi) is 60.8. The molecule has 0 rings (SSSR count). The smallest absolute Gasteiger partial charge is 0.306 e. The molecule has 0 radical (unpaired) electrons. The van der Waals surface area contributed by atoms with Gasteiger partial charge in [0, 0.05) is 19.4 Å². The molecule has 0 aromatic rings. The Balaban J connectivity index is 4.28. The average Bonchev–Trinajstić information content (AvgIpc) is 3.38. The highest BCUT2D eigenvalue weighted by Crippen LogP contribution is 2.17. The average molecular weight is 1010 g/mol. The minimum absolute atomic E-state index is 0.0723. The van der Waals surface area contributed by atoms with Crippen LogP contribution in [-0.4, -0.2) is 37.9 Å². The van der Waals surface area contributed by atoms with Gasteiger partial charge in [0.2, 0.25) is 0 Å². The Morgan fingerprint density at radius 3 is 1.00 bits per heavy atom. The monoisotopic (exact) mass is 1010 g/mol. The lowest BCUT2D eigenvalue weighted by atomic mass is 10.0. The normalized spacial score (nSPS) is 12.5. The molecule has 0 N–H and O–H groups in total. The summed E-state index contributed by atoms with van der Waals surface area (Å²) >= 11 is 0. The van der Waals surface area contributed by atoms with E-state index in [1.165, 1.54) is 212 Å². The molecule has 420 valence electrons. The highest BCUT2D eigenvalue weighted by atomic mass is 16.6. The Morgan fingerprint density at radius 1 is 0.319 bits per heavy atom. The number of esters is 2. The first-order chi connectivity index (χ1) is 35.6. The van der Waals surface area contributed by atoms with Gasteiger partial charge in [-0.1, -0.05) is 313 Å². The van der Waals surface area contributed by atoms with Gasteiger partial charge in [-0.2, -0.15) is 0 Å². The van der Waals surface area contributed by atoms with Crippen molar-refractivity contribution < 1.29 is 23.8 Å². The van der Waals surface area contributed by atoms with Gasteiger partial charge < -0.3 is 14.2 Å². The van der Waals surface area contributed by atoms with Gasteiger partial charge in [-0.25, -0.2) is 0 Å². The van der Waals surface area contributed by atoms with Crippen LogP contribution < -0.4 is 0 Å². The molecule has 0 aliphatic rings. The van der Waals surface area contributed by atoms with Crippen LogP contribution in [0.4, 0.5) is 0 Å². The summed E-state index contributed by atoms with van der Waals surface area (Å²) in [5.74, 6) is -0.414. The van der Waals surface area contributed by atoms with Crippen molar-refractivity contribution in [1.29, 1.82) is 0 Å². The second-order valence-electron chi connectivity index (χ2n) is 21.3. The molecule has 1 atom stereocenters. The van der Waals surface area contributed by atoms with Crippen LogP contribution >= 0.6 is 0 Å². The molecular weight excluding hydrogens is 885 g/mol. The van der Waals surface area contributed by atoms with Crippen molar-refractivity contribution in [3.63, 3.8) is 0 Å². The molecule has 0 bridgehead atoms. The van der Waals surface area contributed by atoms with E-state index in [1.54, 1.807) is 0 Å². The molecule has 5 heteroatoms. The van der Waals surface area contributed by atoms with Gasteiger partial charge in [0.05, 0.1) is 6.61 Å². The summed E-state index contributed by atoms with van der Waals surface area (Å²) in [6, 6.07) is 0. The summed E-state index contributed by atoms with van der Waals surface area (Å²) in [6.07, 6.45) is 81.2. The highest BCUT2D eigenvalue weighted by molar-refractivity contribution is 5.70. The molecule has 0 saturated carbocycles. The van der Waals surface area contributed by atoms with Gasteiger partial charge >= 0.3 is 11.9 Å². The van der Waals surface area contributed by atoms with Gasteiger partial charge in [-0.15, -0.1) is 0 Å². The second-order valence-corrected chi connectivity index (χ2v) is 21.3. The van der Waals surface area contributed by atoms with Crippen molar-refractivity contribution in [2.75, 3.05) is 19.8 Å². The van der Waals surface area contributed by atoms with Gasteiger partial charge in [-0.05, 0) is 64.2 Å². The van der Waals surface area contributed by atoms with Crippen LogP contribution in [0.3, 0.4) is 0 Å². The van der Waals surface area contributed by atoms with Crippen molar-refractivity contribution in [1.82, 2.24) is 0 Å². The molecule has 5 nitrogen and oxygen atoms in total. The fraction of sp³-hybridized carbons (Fsp3) is 0.821. The van der Waals surface area contributed by atoms with Gasteiger partial charge in [0.15, 0.2) is 6.10 Å². The standard InChI is InChI=1S/C67H122O5/c1-4-7-10-13-16-19-22-25-28-31-33-34-36-38-40-43-46-49-52-55-58-61-67(69)72-65(63-70-62-59-56-53-50-47-44-41-30-27-24-21-18-15-12-9-6-3)64-71-66(68)60-57-54-51-48-45-42-39-37-35-32-29-26-23-20-17-14-11-8-5-2/h8,11,17,20,26,29,35,37,42,45,65H,4-7,9-10,12-16,18-19,21-25,27-28,30-34,36,38-41,43-44,46-64H2,1-3H3/b11-8-,20-17-,29-26-,37-35-,45-42-/t65-/m1/s1. The van der Waals surface area contributed by atoms with Crippen LogP contribution in [0.5, 0.6) is 0 Å². The van der Waals surface area contributed by atoms with Crippen LogP contribution in [0.2, 0.25) is 0 Å². The predicted octanol–water partition coefficient (Wildman–Crippen LogP) is 22.0. The Morgan fingerprint density at radius 2 is 0.625 bits per heavy atom. The van der Waals surface area contributed by atoms with Crippen molar-refractivity contribution in [3.05, 3.63) is 60.8 Å². The number of ether oxygens (including phenoxy) is 3. The number of hydrogen-bond acceptors (Lipinski definition) is 5. The summed E-state index contributed by atoms with van der Waals surface area (Å²) in [6.45, 7) is 7.75. The SMILES string of the molecule is CC/C=C\C/C=C\C/C=C\C/C=C\C/C=C\CCCCCC(=O)OC[C@@H](COCCCCCCCCCCCCCCCCCC)OC(=O)CCCCCCCCCCCCCCCCCCCCCCC. The molecule has 0 fully saturated rings. The van der Waals surface area contributed by atoms with Crippen LogP contribution in [-0.2, 0) is 23.8 Å². The van der Waals surface area contributed by atoms with Crippen LogP contribution in [0, 0.1) is 0 Å². The summed E-state index contributed by atoms with van der Waals surface area (Å²) in [7, 11) is 0. The first-order valence-corrected chi connectivity index (χ1v) is 31.8. The third-order valence-corrected chi connectivity index (χ3v) is 14.1. The van der Waals surface area contributed by atoms with E-state index in [0.717, 1.165) is 83.5 Å². The van der Waals surface area contributed by atoms with Crippen LogP contribution in [0.25, 0.3) is 0 Å². The van der Waals surface area contributed by atoms with E-state index in [2.05, 4.69) is 81.5 Å². The van der Waals surface area contributed by atoms with Crippen molar-refractivity contribution >= 4 is 11.9 Å². The van der Waals surface area contributed by atoms with Gasteiger partial charge in [0.1, 0.15) is 6.61 Å². The lowest BCUT2D eigenvalue weighted by molar-refractivity contribution is -0.163. The van der Waals surface area contributed by atoms with E-state index in [-0.39, 0.29) is 25.2 Å². The molecular formula is C67H122O5. The zero-order chi connectivity index (χ0) is 52.0. The van der Waals surface area contributed by atoms with E-state index in [0.29, 0.717) is 19.4 Å². The van der Waals surface area contributed by atoms with E-state index in [1.807, 2.05) is 0 Å². The predicted molar refractivity (Wildman–Crippen MR) is 316 cm³/mol. The molecule has 0 saturated heterocycles. The van der Waals surface area contributed by atoms with Gasteiger partial charge in [-0.3, -0.25) is 9.59 Å². The zero-order valence-corrected chi connectivity index (χ0v) is 48.5. The summed E-state index contributed by atoms with van der Waals surface area (Å²) < 4.78 is 17.5. The van der Waals surface area contributed by atoms with Gasteiger partial charge in [0.25, 0.3) is 0 Å². The molecule has 0 unspecified atom stereocenters. The lowest BCUT2D eigenvalue weighted by Gasteiger charge is -2.18. The quantitative estimate of drug-likeness (QED) is 0.0345. The van der Waals surface area contributed by atoms with E-state index < -0.39 is 6.10 Å². The van der Waals surface area contributed by atoms with Crippen LogP contribution in [0.15, 0.2) is 60.8 Å². The first-order valence-electron chi connectivity index (χ1n) is 31.8. The molecule has 0 aromatic heterocycles. The van der Waals surface area contributed by atoms with Crippen LogP contribution in [0.1, 0.15) is 329 Å². The third-order valence-electron chi connectivity index (χ3n) is 14.1. The summed E-state index contributed by atoms with van der Waals surface area (Å²) in [5.41, 5.74) is 0. The topological polar surface area (TPSA) is 61.8 Å². The molecule has 0 aromatic carbocycles. The second kappa shape index (κ2) is 62.9. The Labute approximate surface area is 449 Å². The number of rotatable bonds is 59. The number of carbonyl (C=O) groups is 2. The fourth-order valence-electron chi connectivity index (χ4n) is 9.36. The first kappa shape index (κ1) is 69.6. The fourth-order valence-corrected chi connectivity index (χ4v) is 9.36. The third kappa shape index (κ3) is 60.2. The van der Waals surface area contributed by atoms with Crippen molar-refractivity contribution in [2.24, 2.45) is 0 Å². The largest absolute Gasteiger partial charge is 0.462 e. The number of carbonyl (C=O) groups excluding carboxylic acids is 2. The summed E-state index contributed by atoms with van der Waals surface area (Å²) in [5, 5.41) is 0. The van der Waals surface area contributed by atoms with E-state index in [4.69, 9.17) is 14.2 Å². The molecule has 0 aliphatic carbocycles. The highest BCUT2D eigenvalue weighted by Gasteiger charge is 2.17. The Bertz CT molecular complexity index is 1230. The maximum absolute atomic E-state index is 12.9. The minimum atomic E-state index is -0.548. The van der Waals surface area contributed by atoms with Crippen molar-refractivity contribution in [2.45, 2.75) is 335 Å². The number of hydrogen-bond donors (Lipinski definition) is 0. The molecule has 0 aliphatic heterocycles. The number of allylic oxidation sites excluding steroid dienone is 10. The molecule has 0 spiro atoms. The minimum Gasteiger partial charge on any atom is -0.462 e.